The van der Waals surface area contributed by atoms with Crippen LogP contribution in [-0.4, -0.2) is 51.1 Å². The zero-order valence-corrected chi connectivity index (χ0v) is 17.6. The lowest BCUT2D eigenvalue weighted by Crippen LogP contribution is -2.48. The summed E-state index contributed by atoms with van der Waals surface area (Å²) in [5.41, 5.74) is -0.105. The van der Waals surface area contributed by atoms with Gasteiger partial charge in [-0.05, 0) is 26.2 Å². The molecule has 2 aliphatic rings. The Labute approximate surface area is 167 Å². The summed E-state index contributed by atoms with van der Waals surface area (Å²) < 4.78 is 1.97. The summed E-state index contributed by atoms with van der Waals surface area (Å²) in [6.07, 6.45) is 7.60. The van der Waals surface area contributed by atoms with Crippen molar-refractivity contribution < 1.29 is 5.11 Å². The zero-order chi connectivity index (χ0) is 17.0. The fourth-order valence-electron chi connectivity index (χ4n) is 3.69. The number of halogens is 1. The summed E-state index contributed by atoms with van der Waals surface area (Å²) in [5, 5.41) is 21.5. The van der Waals surface area contributed by atoms with E-state index >= 15 is 0 Å². The second-order valence-electron chi connectivity index (χ2n) is 7.35. The van der Waals surface area contributed by atoms with E-state index in [-0.39, 0.29) is 35.5 Å². The van der Waals surface area contributed by atoms with Gasteiger partial charge in [0, 0.05) is 24.4 Å². The molecule has 0 spiro atoms. The molecule has 1 aliphatic carbocycles. The minimum atomic E-state index is -0.245. The van der Waals surface area contributed by atoms with Crippen LogP contribution >= 0.6 is 24.0 Å². The Bertz CT molecular complexity index is 577. The van der Waals surface area contributed by atoms with Gasteiger partial charge in [0.15, 0.2) is 5.96 Å². The molecule has 3 N–H and O–H groups in total. The molecule has 1 aromatic rings. The largest absolute Gasteiger partial charge is 0.392 e. The molecule has 0 radical (unpaired) electrons. The van der Waals surface area contributed by atoms with E-state index in [1.54, 1.807) is 6.33 Å². The molecular formula is C17H31IN6O. The molecule has 1 aromatic heterocycles. The van der Waals surface area contributed by atoms with Gasteiger partial charge in [-0.1, -0.05) is 19.8 Å². The van der Waals surface area contributed by atoms with Crippen molar-refractivity contribution in [2.75, 3.05) is 13.1 Å². The molecule has 7 nitrogen and oxygen atoms in total. The molecule has 1 saturated carbocycles. The van der Waals surface area contributed by atoms with Gasteiger partial charge in [0.25, 0.3) is 0 Å². The number of guanidine groups is 1. The summed E-state index contributed by atoms with van der Waals surface area (Å²) in [5.74, 6) is 1.90. The Balaban J connectivity index is 0.00000225. The number of hydrogen-bond donors (Lipinski definition) is 3. The van der Waals surface area contributed by atoms with Crippen molar-refractivity contribution in [2.24, 2.45) is 10.4 Å². The molecule has 0 amide bonds. The third kappa shape index (κ3) is 5.06. The lowest BCUT2D eigenvalue weighted by Gasteiger charge is -2.37. The lowest BCUT2D eigenvalue weighted by molar-refractivity contribution is 0.00715. The maximum absolute atomic E-state index is 10.3. The first-order chi connectivity index (χ1) is 11.6. The smallest absolute Gasteiger partial charge is 0.191 e. The molecule has 1 aliphatic heterocycles. The second kappa shape index (κ2) is 9.16. The van der Waals surface area contributed by atoms with Crippen LogP contribution in [0.1, 0.15) is 51.8 Å². The van der Waals surface area contributed by atoms with Gasteiger partial charge in [0.05, 0.1) is 19.2 Å². The molecule has 2 heterocycles. The topological polar surface area (TPSA) is 87.4 Å². The Morgan fingerprint density at radius 2 is 2.28 bits per heavy atom. The quantitative estimate of drug-likeness (QED) is 0.360. The number of aromatic nitrogens is 3. The van der Waals surface area contributed by atoms with Crippen LogP contribution < -0.4 is 10.6 Å². The van der Waals surface area contributed by atoms with E-state index in [2.05, 4.69) is 34.6 Å². The van der Waals surface area contributed by atoms with Crippen molar-refractivity contribution >= 4 is 29.9 Å². The van der Waals surface area contributed by atoms with Gasteiger partial charge in [-0.25, -0.2) is 9.67 Å². The average molecular weight is 462 g/mol. The van der Waals surface area contributed by atoms with E-state index in [1.165, 1.54) is 6.42 Å². The number of fused-ring (bicyclic) bond motifs is 1. The molecule has 8 heteroatoms. The van der Waals surface area contributed by atoms with Crippen molar-refractivity contribution in [3.63, 3.8) is 0 Å². The summed E-state index contributed by atoms with van der Waals surface area (Å²) in [7, 11) is 0. The molecule has 3 rings (SSSR count). The van der Waals surface area contributed by atoms with Crippen LogP contribution in [0.5, 0.6) is 0 Å². The van der Waals surface area contributed by atoms with Crippen molar-refractivity contribution in [2.45, 2.75) is 71.1 Å². The lowest BCUT2D eigenvalue weighted by atomic mass is 9.73. The first-order valence-electron chi connectivity index (χ1n) is 9.20. The summed E-state index contributed by atoms with van der Waals surface area (Å²) in [4.78, 5) is 9.06. The fourth-order valence-corrected chi connectivity index (χ4v) is 3.69. The number of hydrogen-bond acceptors (Lipinski definition) is 4. The van der Waals surface area contributed by atoms with E-state index in [1.807, 2.05) is 4.68 Å². The number of aryl methyl sites for hydroxylation is 1. The highest BCUT2D eigenvalue weighted by Crippen LogP contribution is 2.36. The van der Waals surface area contributed by atoms with Crippen LogP contribution in [0.25, 0.3) is 0 Å². The molecule has 1 fully saturated rings. The highest BCUT2D eigenvalue weighted by Gasteiger charge is 2.35. The third-order valence-electron chi connectivity index (χ3n) is 5.37. The van der Waals surface area contributed by atoms with Gasteiger partial charge in [-0.15, -0.1) is 24.0 Å². The molecular weight excluding hydrogens is 431 g/mol. The van der Waals surface area contributed by atoms with Crippen LogP contribution in [0.2, 0.25) is 0 Å². The third-order valence-corrected chi connectivity index (χ3v) is 5.37. The van der Waals surface area contributed by atoms with Crippen LogP contribution in [0.3, 0.4) is 0 Å². The highest BCUT2D eigenvalue weighted by atomic mass is 127. The standard InChI is InChI=1S/C17H30N6O.HI/c1-3-18-16(19-11-17(2)9-5-4-6-14(17)24)22-13-7-8-15-20-12-21-23(15)10-13;/h12-14,24H,3-11H2,1-2H3,(H2,18,19,22);1H. The van der Waals surface area contributed by atoms with Crippen LogP contribution in [-0.2, 0) is 13.0 Å². The number of rotatable bonds is 4. The molecule has 142 valence electrons. The van der Waals surface area contributed by atoms with E-state index in [0.717, 1.165) is 57.0 Å². The van der Waals surface area contributed by atoms with Gasteiger partial charge < -0.3 is 15.7 Å². The molecule has 0 aromatic carbocycles. The molecule has 3 atom stereocenters. The normalized spacial score (nSPS) is 29.5. The number of aliphatic hydroxyl groups excluding tert-OH is 1. The molecule has 3 unspecified atom stereocenters. The Morgan fingerprint density at radius 3 is 3.04 bits per heavy atom. The van der Waals surface area contributed by atoms with Gasteiger partial charge in [-0.3, -0.25) is 4.99 Å². The predicted molar refractivity (Wildman–Crippen MR) is 109 cm³/mol. The Morgan fingerprint density at radius 1 is 1.44 bits per heavy atom. The summed E-state index contributed by atoms with van der Waals surface area (Å²) >= 11 is 0. The number of aliphatic hydroxyl groups is 1. The van der Waals surface area contributed by atoms with Gasteiger partial charge in [0.2, 0.25) is 0 Å². The monoisotopic (exact) mass is 462 g/mol. The maximum Gasteiger partial charge on any atom is 0.191 e. The summed E-state index contributed by atoms with van der Waals surface area (Å²) in [6.45, 7) is 6.54. The number of nitrogens with zero attached hydrogens (tertiary/aromatic N) is 4. The molecule has 0 saturated heterocycles. The Hall–Kier alpha value is -0.900. The van der Waals surface area contributed by atoms with E-state index in [4.69, 9.17) is 4.99 Å². The van der Waals surface area contributed by atoms with Crippen LogP contribution in [0.15, 0.2) is 11.3 Å². The fraction of sp³-hybridized carbons (Fsp3) is 0.824. The molecule has 0 bridgehead atoms. The van der Waals surface area contributed by atoms with Gasteiger partial charge in [-0.2, -0.15) is 5.10 Å². The van der Waals surface area contributed by atoms with Crippen molar-refractivity contribution in [3.8, 4) is 0 Å². The van der Waals surface area contributed by atoms with E-state index in [0.29, 0.717) is 12.6 Å². The second-order valence-corrected chi connectivity index (χ2v) is 7.35. The average Bonchev–Trinajstić information content (AvgIpc) is 3.04. The zero-order valence-electron chi connectivity index (χ0n) is 15.2. The van der Waals surface area contributed by atoms with Gasteiger partial charge in [0.1, 0.15) is 12.2 Å². The number of nitrogens with one attached hydrogen (secondary N) is 2. The van der Waals surface area contributed by atoms with Crippen molar-refractivity contribution in [1.29, 1.82) is 0 Å². The highest BCUT2D eigenvalue weighted by molar-refractivity contribution is 14.0. The van der Waals surface area contributed by atoms with Crippen molar-refractivity contribution in [1.82, 2.24) is 25.4 Å². The SMILES string of the molecule is CCNC(=NCC1(C)CCCCC1O)NC1CCc2ncnn2C1.I. The maximum atomic E-state index is 10.3. The van der Waals surface area contributed by atoms with Crippen LogP contribution in [0, 0.1) is 5.41 Å². The molecule has 25 heavy (non-hydrogen) atoms. The summed E-state index contributed by atoms with van der Waals surface area (Å²) in [6, 6.07) is 0.307. The van der Waals surface area contributed by atoms with Crippen molar-refractivity contribution in [3.05, 3.63) is 12.2 Å². The van der Waals surface area contributed by atoms with Gasteiger partial charge >= 0.3 is 0 Å². The minimum Gasteiger partial charge on any atom is -0.392 e. The van der Waals surface area contributed by atoms with E-state index < -0.39 is 0 Å². The van der Waals surface area contributed by atoms with Crippen LogP contribution in [0.4, 0.5) is 0 Å². The first-order valence-corrected chi connectivity index (χ1v) is 9.20. The number of aliphatic imine (C=N–C) groups is 1. The first kappa shape index (κ1) is 20.4. The Kier molecular flexibility index (Phi) is 7.48. The minimum absolute atomic E-state index is 0. The van der Waals surface area contributed by atoms with E-state index in [9.17, 15) is 5.11 Å². The predicted octanol–water partition coefficient (Wildman–Crippen LogP) is 1.71.